The van der Waals surface area contributed by atoms with E-state index in [9.17, 15) is 4.79 Å². The van der Waals surface area contributed by atoms with Gasteiger partial charge in [0, 0.05) is 16.8 Å². The van der Waals surface area contributed by atoms with E-state index in [1.165, 1.54) is 5.56 Å². The predicted molar refractivity (Wildman–Crippen MR) is 111 cm³/mol. The largest absolute Gasteiger partial charge is 0.461 e. The number of hydrogen-bond donors (Lipinski definition) is 1. The van der Waals surface area contributed by atoms with E-state index in [1.807, 2.05) is 64.7 Å². The molecule has 0 unspecified atom stereocenters. The first kappa shape index (κ1) is 23.8. The number of fused-ring (bicyclic) bond motifs is 1. The van der Waals surface area contributed by atoms with Gasteiger partial charge in [0.15, 0.2) is 5.78 Å². The van der Waals surface area contributed by atoms with Crippen molar-refractivity contribution in [2.24, 2.45) is 0 Å². The van der Waals surface area contributed by atoms with E-state index < -0.39 is 0 Å². The highest BCUT2D eigenvalue weighted by Gasteiger charge is 2.15. The van der Waals surface area contributed by atoms with Gasteiger partial charge >= 0.3 is 0 Å². The summed E-state index contributed by atoms with van der Waals surface area (Å²) < 4.78 is 5.63. The summed E-state index contributed by atoms with van der Waals surface area (Å²) in [6.45, 7) is 13.4. The Morgan fingerprint density at radius 1 is 0.889 bits per heavy atom. The molecule has 0 bridgehead atoms. The minimum atomic E-state index is 0.0266. The van der Waals surface area contributed by atoms with E-state index in [0.717, 1.165) is 22.3 Å². The quantitative estimate of drug-likeness (QED) is 0.604. The summed E-state index contributed by atoms with van der Waals surface area (Å²) in [7, 11) is 0. The summed E-state index contributed by atoms with van der Waals surface area (Å²) in [5.74, 6) is 0.698. The molecule has 0 aliphatic rings. The lowest BCUT2D eigenvalue weighted by Gasteiger charge is -2.07. The molecule has 3 rings (SSSR count). The van der Waals surface area contributed by atoms with Crippen LogP contribution in [0.15, 0.2) is 46.9 Å². The molecule has 27 heavy (non-hydrogen) atoms. The van der Waals surface area contributed by atoms with Crippen LogP contribution in [0, 0.1) is 13.8 Å². The van der Waals surface area contributed by atoms with E-state index in [-0.39, 0.29) is 5.78 Å². The fourth-order valence-electron chi connectivity index (χ4n) is 2.54. The maximum absolute atomic E-state index is 11.8. The van der Waals surface area contributed by atoms with E-state index >= 15 is 0 Å². The van der Waals surface area contributed by atoms with Gasteiger partial charge in [0.25, 0.3) is 0 Å². The Hall–Kier alpha value is -3.21. The average molecular weight is 369 g/mol. The highest BCUT2D eigenvalue weighted by molar-refractivity contribution is 6.07. The van der Waals surface area contributed by atoms with Crippen LogP contribution < -0.4 is 5.32 Å². The van der Waals surface area contributed by atoms with Gasteiger partial charge in [0.1, 0.15) is 24.9 Å². The standard InChI is InChI=1S/C18H17NO2.C2H6.2CH2O/c1-11-4-6-14(7-5-11)19-15-8-9-17-16(10-15)18(12(2)20)13(3)21-17;3*1-2/h4-10,19H,1-3H3;1-2H3;2*1H2. The summed E-state index contributed by atoms with van der Waals surface area (Å²) in [5.41, 5.74) is 4.59. The normalized spacial score (nSPS) is 8.93. The van der Waals surface area contributed by atoms with Crippen molar-refractivity contribution < 1.29 is 18.8 Å². The number of carbonyl (C=O) groups is 3. The van der Waals surface area contributed by atoms with Crippen LogP contribution in [0.25, 0.3) is 11.0 Å². The number of rotatable bonds is 3. The molecule has 0 fully saturated rings. The van der Waals surface area contributed by atoms with Crippen LogP contribution in [0.5, 0.6) is 0 Å². The SMILES string of the molecule is C=O.C=O.CC.CC(=O)c1c(C)oc2ccc(Nc3ccc(C)cc3)cc12. The first-order chi connectivity index (χ1) is 13.0. The van der Waals surface area contributed by atoms with Crippen LogP contribution in [0.4, 0.5) is 11.4 Å². The van der Waals surface area contributed by atoms with E-state index in [0.29, 0.717) is 11.3 Å². The van der Waals surface area contributed by atoms with Crippen molar-refractivity contribution in [2.75, 3.05) is 5.32 Å². The van der Waals surface area contributed by atoms with Crippen molar-refractivity contribution in [1.29, 1.82) is 0 Å². The lowest BCUT2D eigenvalue weighted by atomic mass is 10.1. The smallest absolute Gasteiger partial charge is 0.163 e. The van der Waals surface area contributed by atoms with Gasteiger partial charge in [-0.1, -0.05) is 31.5 Å². The molecule has 144 valence electrons. The summed E-state index contributed by atoms with van der Waals surface area (Å²) in [5, 5.41) is 4.20. The van der Waals surface area contributed by atoms with Gasteiger partial charge in [-0.15, -0.1) is 0 Å². The molecule has 0 aliphatic carbocycles. The fraction of sp³-hybridized carbons (Fsp3) is 0.227. The zero-order chi connectivity index (χ0) is 21.0. The first-order valence-corrected chi connectivity index (χ1v) is 8.50. The van der Waals surface area contributed by atoms with Crippen LogP contribution in [-0.2, 0) is 9.59 Å². The Kier molecular flexibility index (Phi) is 10.7. The lowest BCUT2D eigenvalue weighted by Crippen LogP contribution is -1.94. The van der Waals surface area contributed by atoms with Gasteiger partial charge in [-0.25, -0.2) is 0 Å². The average Bonchev–Trinajstić information content (AvgIpc) is 3.03. The van der Waals surface area contributed by atoms with Crippen molar-refractivity contribution in [3.05, 3.63) is 59.4 Å². The molecule has 5 nitrogen and oxygen atoms in total. The van der Waals surface area contributed by atoms with Crippen molar-refractivity contribution >= 4 is 41.7 Å². The van der Waals surface area contributed by atoms with Gasteiger partial charge in [-0.3, -0.25) is 4.79 Å². The molecule has 1 N–H and O–H groups in total. The Morgan fingerprint density at radius 3 is 1.93 bits per heavy atom. The van der Waals surface area contributed by atoms with E-state index in [2.05, 4.69) is 24.4 Å². The van der Waals surface area contributed by atoms with Crippen molar-refractivity contribution in [3.63, 3.8) is 0 Å². The molecule has 0 atom stereocenters. The molecular formula is C22H27NO4. The number of Topliss-reactive ketones (excluding diaryl/α,β-unsaturated/α-hetero) is 1. The molecule has 0 aliphatic heterocycles. The van der Waals surface area contributed by atoms with E-state index in [4.69, 9.17) is 14.0 Å². The number of aryl methyl sites for hydroxylation is 2. The highest BCUT2D eigenvalue weighted by Crippen LogP contribution is 2.29. The van der Waals surface area contributed by atoms with Crippen LogP contribution in [0.2, 0.25) is 0 Å². The minimum absolute atomic E-state index is 0.0266. The Bertz CT molecular complexity index is 849. The molecule has 0 spiro atoms. The summed E-state index contributed by atoms with van der Waals surface area (Å²) in [4.78, 5) is 27.8. The fourth-order valence-corrected chi connectivity index (χ4v) is 2.54. The molecule has 1 aromatic heterocycles. The van der Waals surface area contributed by atoms with Gasteiger partial charge in [0.2, 0.25) is 0 Å². The van der Waals surface area contributed by atoms with Gasteiger partial charge < -0.3 is 19.3 Å². The number of carbonyl (C=O) groups excluding carboxylic acids is 3. The molecule has 0 saturated heterocycles. The van der Waals surface area contributed by atoms with Crippen molar-refractivity contribution in [2.45, 2.75) is 34.6 Å². The van der Waals surface area contributed by atoms with Gasteiger partial charge in [-0.05, 0) is 51.1 Å². The maximum Gasteiger partial charge on any atom is 0.163 e. The molecule has 0 saturated carbocycles. The van der Waals surface area contributed by atoms with Gasteiger partial charge in [-0.2, -0.15) is 0 Å². The monoisotopic (exact) mass is 369 g/mol. The summed E-state index contributed by atoms with van der Waals surface area (Å²) in [6, 6.07) is 14.0. The van der Waals surface area contributed by atoms with Crippen molar-refractivity contribution in [1.82, 2.24) is 0 Å². The summed E-state index contributed by atoms with van der Waals surface area (Å²) >= 11 is 0. The number of benzene rings is 2. The number of nitrogens with one attached hydrogen (secondary N) is 1. The molecular weight excluding hydrogens is 342 g/mol. The zero-order valence-electron chi connectivity index (χ0n) is 16.6. The third kappa shape index (κ3) is 6.22. The van der Waals surface area contributed by atoms with E-state index in [1.54, 1.807) is 6.92 Å². The second kappa shape index (κ2) is 12.2. The van der Waals surface area contributed by atoms with Crippen LogP contribution in [-0.4, -0.2) is 19.4 Å². The summed E-state index contributed by atoms with van der Waals surface area (Å²) in [6.07, 6.45) is 0. The van der Waals surface area contributed by atoms with Gasteiger partial charge in [0.05, 0.1) is 5.56 Å². The maximum atomic E-state index is 11.8. The second-order valence-electron chi connectivity index (χ2n) is 5.29. The second-order valence-corrected chi connectivity index (χ2v) is 5.29. The number of hydrogen-bond acceptors (Lipinski definition) is 5. The third-order valence-electron chi connectivity index (χ3n) is 3.56. The molecule has 3 aromatic rings. The Balaban J connectivity index is 0.00000103. The number of ketones is 1. The number of anilines is 2. The predicted octanol–water partition coefficient (Wildman–Crippen LogP) is 5.65. The van der Waals surface area contributed by atoms with Crippen molar-refractivity contribution in [3.8, 4) is 0 Å². The van der Waals surface area contributed by atoms with Crippen LogP contribution >= 0.6 is 0 Å². The lowest BCUT2D eigenvalue weighted by molar-refractivity contribution is -0.0987. The molecule has 2 aromatic carbocycles. The zero-order valence-corrected chi connectivity index (χ0v) is 16.6. The minimum Gasteiger partial charge on any atom is -0.461 e. The Morgan fingerprint density at radius 2 is 1.41 bits per heavy atom. The Labute approximate surface area is 160 Å². The molecule has 0 radical (unpaired) electrons. The topological polar surface area (TPSA) is 76.4 Å². The third-order valence-corrected chi connectivity index (χ3v) is 3.56. The van der Waals surface area contributed by atoms with Crippen LogP contribution in [0.1, 0.15) is 42.5 Å². The molecule has 1 heterocycles. The highest BCUT2D eigenvalue weighted by atomic mass is 16.3. The molecule has 0 amide bonds. The first-order valence-electron chi connectivity index (χ1n) is 8.50. The number of furan rings is 1. The molecule has 5 heteroatoms. The van der Waals surface area contributed by atoms with Crippen LogP contribution in [0.3, 0.4) is 0 Å².